The van der Waals surface area contributed by atoms with E-state index >= 15 is 0 Å². The zero-order valence-corrected chi connectivity index (χ0v) is 15.7. The van der Waals surface area contributed by atoms with E-state index in [9.17, 15) is 14.9 Å². The van der Waals surface area contributed by atoms with Gasteiger partial charge in [0.1, 0.15) is 0 Å². The molecule has 6 nitrogen and oxygen atoms in total. The van der Waals surface area contributed by atoms with Crippen LogP contribution in [-0.2, 0) is 0 Å². The molecule has 2 aromatic rings. The third kappa shape index (κ3) is 4.75. The molecule has 1 aliphatic heterocycles. The molecule has 3 rings (SSSR count). The number of benzene rings is 2. The number of nitrogens with zero attached hydrogens (tertiary/aromatic N) is 2. The number of rotatable bonds is 4. The second-order valence-corrected chi connectivity index (χ2v) is 7.10. The Bertz CT molecular complexity index is 781. The summed E-state index contributed by atoms with van der Waals surface area (Å²) < 4.78 is 0. The van der Waals surface area contributed by atoms with Gasteiger partial charge >= 0.3 is 0 Å². The minimum absolute atomic E-state index is 0. The van der Waals surface area contributed by atoms with Gasteiger partial charge < -0.3 is 10.6 Å². The highest BCUT2D eigenvalue weighted by atomic mass is 35.5. The Morgan fingerprint density at radius 2 is 1.81 bits per heavy atom. The predicted molar refractivity (Wildman–Crippen MR) is 104 cm³/mol. The van der Waals surface area contributed by atoms with E-state index < -0.39 is 4.92 Å². The number of nitro groups is 1. The lowest BCUT2D eigenvalue weighted by Gasteiger charge is -2.30. The molecule has 0 aliphatic carbocycles. The molecule has 1 fully saturated rings. The molecule has 0 atom stereocenters. The molecule has 1 saturated heterocycles. The number of carbonyl (C=O) groups excluding carboxylic acids is 1. The summed E-state index contributed by atoms with van der Waals surface area (Å²) in [7, 11) is 0. The van der Waals surface area contributed by atoms with Crippen molar-refractivity contribution >= 4 is 35.8 Å². The molecule has 0 saturated carbocycles. The van der Waals surface area contributed by atoms with Gasteiger partial charge in [-0.25, -0.2) is 0 Å². The lowest BCUT2D eigenvalue weighted by molar-refractivity contribution is -0.384. The van der Waals surface area contributed by atoms with Crippen molar-refractivity contribution in [2.75, 3.05) is 13.1 Å². The molecule has 1 heterocycles. The van der Waals surface area contributed by atoms with Crippen molar-refractivity contribution in [3.8, 4) is 0 Å². The summed E-state index contributed by atoms with van der Waals surface area (Å²) in [4.78, 5) is 27.0. The second-order valence-electron chi connectivity index (χ2n) is 5.98. The van der Waals surface area contributed by atoms with E-state index in [1.54, 1.807) is 11.0 Å². The molecule has 0 unspecified atom stereocenters. The summed E-state index contributed by atoms with van der Waals surface area (Å²) in [5.74, 6) is -0.172. The van der Waals surface area contributed by atoms with Gasteiger partial charge in [0.2, 0.25) is 0 Å². The quantitative estimate of drug-likeness (QED) is 0.631. The standard InChI is InChI=1S/C18H19N3O3S.ClH/c19-13-8-10-20(11-9-13)18(22)16-12-14(21(23)24)6-7-17(16)25-15-4-2-1-3-5-15;/h1-7,12-13H,8-11,19H2;1H. The van der Waals surface area contributed by atoms with E-state index in [4.69, 9.17) is 5.73 Å². The molecular formula is C18H20ClN3O3S. The fraction of sp³-hybridized carbons (Fsp3) is 0.278. The Balaban J connectivity index is 0.00000243. The molecule has 26 heavy (non-hydrogen) atoms. The average molecular weight is 394 g/mol. The van der Waals surface area contributed by atoms with Crippen LogP contribution in [0.2, 0.25) is 0 Å². The third-order valence-corrected chi connectivity index (χ3v) is 5.29. The SMILES string of the molecule is Cl.NC1CCN(C(=O)c2cc([N+](=O)[O-])ccc2Sc2ccccc2)CC1. The van der Waals surface area contributed by atoms with Crippen LogP contribution < -0.4 is 5.73 Å². The van der Waals surface area contributed by atoms with Crippen LogP contribution in [0, 0.1) is 10.1 Å². The number of halogens is 1. The Labute approximate surface area is 162 Å². The van der Waals surface area contributed by atoms with Crippen LogP contribution in [0.25, 0.3) is 0 Å². The molecule has 8 heteroatoms. The first kappa shape index (κ1) is 20.2. The Morgan fingerprint density at radius 1 is 1.15 bits per heavy atom. The molecule has 1 aliphatic rings. The summed E-state index contributed by atoms with van der Waals surface area (Å²) >= 11 is 1.43. The Morgan fingerprint density at radius 3 is 2.42 bits per heavy atom. The maximum absolute atomic E-state index is 12.9. The lowest BCUT2D eigenvalue weighted by Crippen LogP contribution is -2.43. The molecule has 0 radical (unpaired) electrons. The minimum Gasteiger partial charge on any atom is -0.338 e. The van der Waals surface area contributed by atoms with Crippen molar-refractivity contribution in [2.45, 2.75) is 28.7 Å². The first-order valence-electron chi connectivity index (χ1n) is 8.11. The van der Waals surface area contributed by atoms with E-state index in [1.807, 2.05) is 30.3 Å². The smallest absolute Gasteiger partial charge is 0.270 e. The number of amides is 1. The molecule has 0 spiro atoms. The molecule has 1 amide bonds. The summed E-state index contributed by atoms with van der Waals surface area (Å²) in [6.07, 6.45) is 1.50. The van der Waals surface area contributed by atoms with Crippen molar-refractivity contribution < 1.29 is 9.72 Å². The Hall–Kier alpha value is -2.09. The molecular weight excluding hydrogens is 374 g/mol. The topological polar surface area (TPSA) is 89.5 Å². The highest BCUT2D eigenvalue weighted by Crippen LogP contribution is 2.33. The van der Waals surface area contributed by atoms with Gasteiger partial charge in [0.25, 0.3) is 11.6 Å². The third-order valence-electron chi connectivity index (χ3n) is 4.20. The number of hydrogen-bond acceptors (Lipinski definition) is 5. The van der Waals surface area contributed by atoms with Crippen LogP contribution in [0.4, 0.5) is 5.69 Å². The number of nitro benzene ring substituents is 1. The predicted octanol–water partition coefficient (Wildman–Crippen LogP) is 3.73. The van der Waals surface area contributed by atoms with Gasteiger partial charge in [-0.05, 0) is 31.0 Å². The Kier molecular flexibility index (Phi) is 7.02. The van der Waals surface area contributed by atoms with Gasteiger partial charge in [0, 0.05) is 41.1 Å². The zero-order valence-electron chi connectivity index (χ0n) is 14.0. The number of hydrogen-bond donors (Lipinski definition) is 1. The van der Waals surface area contributed by atoms with Crippen LogP contribution in [-0.4, -0.2) is 34.9 Å². The van der Waals surface area contributed by atoms with Crippen molar-refractivity contribution in [3.63, 3.8) is 0 Å². The van der Waals surface area contributed by atoms with Gasteiger partial charge in [0.05, 0.1) is 10.5 Å². The lowest BCUT2D eigenvalue weighted by atomic mass is 10.0. The van der Waals surface area contributed by atoms with Gasteiger partial charge in [-0.1, -0.05) is 30.0 Å². The van der Waals surface area contributed by atoms with Gasteiger partial charge in [-0.3, -0.25) is 14.9 Å². The molecule has 138 valence electrons. The molecule has 0 bridgehead atoms. The number of non-ortho nitro benzene ring substituents is 1. The first-order chi connectivity index (χ1) is 12.0. The van der Waals surface area contributed by atoms with Crippen LogP contribution in [0.5, 0.6) is 0 Å². The van der Waals surface area contributed by atoms with Crippen LogP contribution in [0.1, 0.15) is 23.2 Å². The summed E-state index contributed by atoms with van der Waals surface area (Å²) in [6.45, 7) is 1.16. The highest BCUT2D eigenvalue weighted by Gasteiger charge is 2.25. The van der Waals surface area contributed by atoms with Gasteiger partial charge in [0.15, 0.2) is 0 Å². The van der Waals surface area contributed by atoms with Crippen LogP contribution in [0.15, 0.2) is 58.3 Å². The number of piperidine rings is 1. The van der Waals surface area contributed by atoms with E-state index in [-0.39, 0.29) is 30.0 Å². The maximum atomic E-state index is 12.9. The van der Waals surface area contributed by atoms with Crippen LogP contribution in [0.3, 0.4) is 0 Å². The fourth-order valence-electron chi connectivity index (χ4n) is 2.78. The summed E-state index contributed by atoms with van der Waals surface area (Å²) in [6, 6.07) is 14.2. The van der Waals surface area contributed by atoms with Crippen LogP contribution >= 0.6 is 24.2 Å². The molecule has 2 aromatic carbocycles. The van der Waals surface area contributed by atoms with Crippen molar-refractivity contribution in [1.82, 2.24) is 4.90 Å². The summed E-state index contributed by atoms with van der Waals surface area (Å²) in [5, 5.41) is 11.1. The monoisotopic (exact) mass is 393 g/mol. The zero-order chi connectivity index (χ0) is 17.8. The van der Waals surface area contributed by atoms with Crippen molar-refractivity contribution in [3.05, 3.63) is 64.2 Å². The van der Waals surface area contributed by atoms with Crippen molar-refractivity contribution in [2.24, 2.45) is 5.73 Å². The van der Waals surface area contributed by atoms with Crippen molar-refractivity contribution in [1.29, 1.82) is 0 Å². The average Bonchev–Trinajstić information content (AvgIpc) is 2.63. The molecule has 0 aromatic heterocycles. The number of carbonyl (C=O) groups is 1. The highest BCUT2D eigenvalue weighted by molar-refractivity contribution is 7.99. The van der Waals surface area contributed by atoms with Gasteiger partial charge in [-0.2, -0.15) is 0 Å². The van der Waals surface area contributed by atoms with E-state index in [0.717, 1.165) is 22.6 Å². The first-order valence-corrected chi connectivity index (χ1v) is 8.92. The van der Waals surface area contributed by atoms with E-state index in [2.05, 4.69) is 0 Å². The fourth-order valence-corrected chi connectivity index (χ4v) is 3.72. The van der Waals surface area contributed by atoms with E-state index in [1.165, 1.54) is 23.9 Å². The number of likely N-dealkylation sites (tertiary alicyclic amines) is 1. The maximum Gasteiger partial charge on any atom is 0.270 e. The largest absolute Gasteiger partial charge is 0.338 e. The normalized spacial score (nSPS) is 14.6. The number of nitrogens with two attached hydrogens (primary N) is 1. The van der Waals surface area contributed by atoms with Gasteiger partial charge in [-0.15, -0.1) is 12.4 Å². The molecule has 2 N–H and O–H groups in total. The van der Waals surface area contributed by atoms with E-state index in [0.29, 0.717) is 18.7 Å². The summed E-state index contributed by atoms with van der Waals surface area (Å²) in [5.41, 5.74) is 6.20. The minimum atomic E-state index is -0.472. The second kappa shape index (κ2) is 9.02.